The van der Waals surface area contributed by atoms with E-state index in [1.54, 1.807) is 42.6 Å². The van der Waals surface area contributed by atoms with Gasteiger partial charge in [0.15, 0.2) is 0 Å². The fourth-order valence-electron chi connectivity index (χ4n) is 2.42. The summed E-state index contributed by atoms with van der Waals surface area (Å²) < 4.78 is 13.5. The predicted octanol–water partition coefficient (Wildman–Crippen LogP) is 4.59. The molecule has 0 spiro atoms. The largest absolute Gasteiger partial charge is 0.353 e. The van der Waals surface area contributed by atoms with Gasteiger partial charge < -0.3 is 10.6 Å². The Bertz CT molecular complexity index is 900. The lowest BCUT2D eigenvalue weighted by Crippen LogP contribution is -2.26. The Labute approximate surface area is 156 Å². The summed E-state index contributed by atoms with van der Waals surface area (Å²) in [4.78, 5) is 16.3. The number of carbonyl (C=O) groups excluding carboxylic acids is 1. The van der Waals surface area contributed by atoms with Crippen LogP contribution < -0.4 is 10.6 Å². The molecule has 0 atom stereocenters. The molecule has 0 unspecified atom stereocenters. The van der Waals surface area contributed by atoms with Crippen molar-refractivity contribution in [2.24, 2.45) is 0 Å². The van der Waals surface area contributed by atoms with Crippen LogP contribution in [0, 0.1) is 5.82 Å². The van der Waals surface area contributed by atoms with Gasteiger partial charge >= 0.3 is 0 Å². The molecule has 1 aromatic heterocycles. The van der Waals surface area contributed by atoms with Crippen LogP contribution in [0.15, 0.2) is 66.9 Å². The number of amides is 1. The highest BCUT2D eigenvalue weighted by atomic mass is 35.5. The van der Waals surface area contributed by atoms with Crippen LogP contribution in [0.25, 0.3) is 0 Å². The number of hydrogen-bond acceptors (Lipinski definition) is 3. The van der Waals surface area contributed by atoms with Gasteiger partial charge in [-0.3, -0.25) is 4.79 Å². The molecule has 4 nitrogen and oxygen atoms in total. The van der Waals surface area contributed by atoms with Crippen molar-refractivity contribution in [1.82, 2.24) is 10.3 Å². The van der Waals surface area contributed by atoms with E-state index >= 15 is 0 Å². The molecule has 0 saturated heterocycles. The zero-order valence-electron chi connectivity index (χ0n) is 13.9. The first-order chi connectivity index (χ1) is 12.6. The molecule has 1 amide bonds. The van der Waals surface area contributed by atoms with Crippen molar-refractivity contribution < 1.29 is 9.18 Å². The predicted molar refractivity (Wildman–Crippen MR) is 101 cm³/mol. The summed E-state index contributed by atoms with van der Waals surface area (Å²) in [5.41, 5.74) is 2.35. The Morgan fingerprint density at radius 3 is 2.54 bits per heavy atom. The molecular weight excluding hydrogens is 353 g/mol. The number of hydrogen-bond donors (Lipinski definition) is 2. The normalized spacial score (nSPS) is 10.4. The molecule has 0 bridgehead atoms. The van der Waals surface area contributed by atoms with Crippen LogP contribution in [0.3, 0.4) is 0 Å². The topological polar surface area (TPSA) is 54.0 Å². The van der Waals surface area contributed by atoms with Gasteiger partial charge in [0, 0.05) is 6.54 Å². The quantitative estimate of drug-likeness (QED) is 0.668. The molecule has 0 fully saturated rings. The van der Waals surface area contributed by atoms with E-state index < -0.39 is 0 Å². The average molecular weight is 370 g/mol. The van der Waals surface area contributed by atoms with Gasteiger partial charge in [0.05, 0.1) is 22.6 Å². The lowest BCUT2D eigenvalue weighted by atomic mass is 10.1. The maximum Gasteiger partial charge on any atom is 0.269 e. The van der Waals surface area contributed by atoms with Crippen LogP contribution in [-0.2, 0) is 6.42 Å². The number of carbonyl (C=O) groups is 1. The molecule has 0 aliphatic rings. The van der Waals surface area contributed by atoms with Crippen molar-refractivity contribution in [3.05, 3.63) is 89.0 Å². The third kappa shape index (κ3) is 4.58. The van der Waals surface area contributed by atoms with Crippen molar-refractivity contribution in [3.63, 3.8) is 0 Å². The van der Waals surface area contributed by atoms with Crippen molar-refractivity contribution >= 4 is 28.9 Å². The van der Waals surface area contributed by atoms with Crippen molar-refractivity contribution in [2.75, 3.05) is 11.9 Å². The van der Waals surface area contributed by atoms with Gasteiger partial charge in [-0.15, -0.1) is 0 Å². The molecule has 132 valence electrons. The minimum absolute atomic E-state index is 0.269. The van der Waals surface area contributed by atoms with Crippen LogP contribution in [0.1, 0.15) is 16.1 Å². The van der Waals surface area contributed by atoms with Gasteiger partial charge in [-0.2, -0.15) is 0 Å². The van der Waals surface area contributed by atoms with E-state index in [1.807, 2.05) is 18.2 Å². The number of nitrogens with one attached hydrogen (secondary N) is 2. The lowest BCUT2D eigenvalue weighted by Gasteiger charge is -2.09. The highest BCUT2D eigenvalue weighted by molar-refractivity contribution is 6.33. The maximum atomic E-state index is 13.5. The molecular formula is C20H17ClFN3O. The van der Waals surface area contributed by atoms with Crippen molar-refractivity contribution in [2.45, 2.75) is 6.42 Å². The number of para-hydroxylation sites is 1. The summed E-state index contributed by atoms with van der Waals surface area (Å²) in [6.45, 7) is 0.334. The highest BCUT2D eigenvalue weighted by Gasteiger charge is 2.08. The van der Waals surface area contributed by atoms with Crippen LogP contribution in [0.2, 0.25) is 5.02 Å². The molecule has 3 rings (SSSR count). The standard InChI is InChI=1S/C20H17ClFN3O/c21-16-6-2-4-8-18(16)25-15-9-10-19(24-13-15)20(26)23-12-11-14-5-1-3-7-17(14)22/h1-10,13,25H,11-12H2,(H,23,26). The molecule has 26 heavy (non-hydrogen) atoms. The molecule has 1 heterocycles. The number of aromatic nitrogens is 1. The first-order valence-electron chi connectivity index (χ1n) is 8.13. The second-order valence-electron chi connectivity index (χ2n) is 5.63. The summed E-state index contributed by atoms with van der Waals surface area (Å²) in [6, 6.07) is 17.3. The van der Waals surface area contributed by atoms with Gasteiger partial charge in [0.2, 0.25) is 0 Å². The highest BCUT2D eigenvalue weighted by Crippen LogP contribution is 2.24. The minimum Gasteiger partial charge on any atom is -0.353 e. The van der Waals surface area contributed by atoms with Gasteiger partial charge in [-0.1, -0.05) is 41.9 Å². The summed E-state index contributed by atoms with van der Waals surface area (Å²) in [5.74, 6) is -0.569. The molecule has 2 N–H and O–H groups in total. The summed E-state index contributed by atoms with van der Waals surface area (Å²) in [5, 5.41) is 6.48. The lowest BCUT2D eigenvalue weighted by molar-refractivity contribution is 0.0949. The molecule has 2 aromatic carbocycles. The van der Waals surface area contributed by atoms with E-state index in [9.17, 15) is 9.18 Å². The van der Waals surface area contributed by atoms with E-state index in [-0.39, 0.29) is 11.7 Å². The molecule has 0 aliphatic carbocycles. The minimum atomic E-state index is -0.300. The molecule has 6 heteroatoms. The fraction of sp³-hybridized carbons (Fsp3) is 0.100. The van der Waals surface area contributed by atoms with Crippen LogP contribution >= 0.6 is 11.6 Å². The zero-order valence-corrected chi connectivity index (χ0v) is 14.6. The van der Waals surface area contributed by atoms with Crippen LogP contribution in [-0.4, -0.2) is 17.4 Å². The Balaban J connectivity index is 1.55. The molecule has 0 saturated carbocycles. The number of halogens is 2. The van der Waals surface area contributed by atoms with Crippen LogP contribution in [0.5, 0.6) is 0 Å². The maximum absolute atomic E-state index is 13.5. The average Bonchev–Trinajstić information content (AvgIpc) is 2.66. The van der Waals surface area contributed by atoms with Crippen molar-refractivity contribution in [3.8, 4) is 0 Å². The van der Waals surface area contributed by atoms with Gasteiger partial charge in [0.25, 0.3) is 5.91 Å². The number of benzene rings is 2. The number of anilines is 2. The third-order valence-electron chi connectivity index (χ3n) is 3.79. The number of nitrogens with zero attached hydrogens (tertiary/aromatic N) is 1. The Morgan fingerprint density at radius 1 is 1.04 bits per heavy atom. The molecule has 0 aliphatic heterocycles. The smallest absolute Gasteiger partial charge is 0.269 e. The Hall–Kier alpha value is -2.92. The monoisotopic (exact) mass is 369 g/mol. The van der Waals surface area contributed by atoms with Crippen LogP contribution in [0.4, 0.5) is 15.8 Å². The number of pyridine rings is 1. The first kappa shape index (κ1) is 17.9. The van der Waals surface area contributed by atoms with E-state index in [0.29, 0.717) is 29.2 Å². The van der Waals surface area contributed by atoms with Crippen molar-refractivity contribution in [1.29, 1.82) is 0 Å². The molecule has 0 radical (unpaired) electrons. The third-order valence-corrected chi connectivity index (χ3v) is 4.12. The molecule has 3 aromatic rings. The van der Waals surface area contributed by atoms with Gasteiger partial charge in [-0.25, -0.2) is 9.37 Å². The van der Waals surface area contributed by atoms with Gasteiger partial charge in [0.1, 0.15) is 11.5 Å². The summed E-state index contributed by atoms with van der Waals surface area (Å²) in [6.07, 6.45) is 1.99. The second-order valence-corrected chi connectivity index (χ2v) is 6.04. The number of rotatable bonds is 6. The van der Waals surface area contributed by atoms with Gasteiger partial charge in [-0.05, 0) is 42.3 Å². The van der Waals surface area contributed by atoms with E-state index in [1.165, 1.54) is 6.07 Å². The Kier molecular flexibility index (Phi) is 5.81. The first-order valence-corrected chi connectivity index (χ1v) is 8.50. The van der Waals surface area contributed by atoms with E-state index in [4.69, 9.17) is 11.6 Å². The zero-order chi connectivity index (χ0) is 18.4. The summed E-state index contributed by atoms with van der Waals surface area (Å²) >= 11 is 6.10. The second kappa shape index (κ2) is 8.45. The SMILES string of the molecule is O=C(NCCc1ccccc1F)c1ccc(Nc2ccccc2Cl)cn1. The van der Waals surface area contributed by atoms with E-state index in [0.717, 1.165) is 11.4 Å². The van der Waals surface area contributed by atoms with E-state index in [2.05, 4.69) is 15.6 Å². The Morgan fingerprint density at radius 2 is 1.81 bits per heavy atom. The summed E-state index contributed by atoms with van der Waals surface area (Å²) in [7, 11) is 0. The fourth-order valence-corrected chi connectivity index (χ4v) is 2.61.